The van der Waals surface area contributed by atoms with E-state index in [4.69, 9.17) is 5.11 Å². The molecule has 0 bridgehead atoms. The summed E-state index contributed by atoms with van der Waals surface area (Å²) in [5.41, 5.74) is -0.355. The van der Waals surface area contributed by atoms with Crippen LogP contribution in [0.15, 0.2) is 11.2 Å². The molecule has 9 heteroatoms. The highest BCUT2D eigenvalue weighted by Gasteiger charge is 2.25. The fraction of sp³-hybridized carbons (Fsp3) is 0.667. The van der Waals surface area contributed by atoms with Crippen molar-refractivity contribution in [1.82, 2.24) is 19.8 Å². The number of hydrogen-bond donors (Lipinski definition) is 3. The Balaban J connectivity index is 1.92. The second-order valence-corrected chi connectivity index (χ2v) is 6.94. The molecule has 0 spiro atoms. The minimum atomic E-state index is -3.89. The van der Waals surface area contributed by atoms with Crippen LogP contribution in [0.4, 0.5) is 0 Å². The Bertz CT molecular complexity index is 592. The van der Waals surface area contributed by atoms with Crippen LogP contribution in [0.25, 0.3) is 0 Å². The first kappa shape index (κ1) is 15.9. The van der Waals surface area contributed by atoms with Crippen LogP contribution in [0.5, 0.6) is 0 Å². The predicted molar refractivity (Wildman–Crippen MR) is 75.6 cm³/mol. The number of hydrogen-bond acceptors (Lipinski definition) is 5. The van der Waals surface area contributed by atoms with Gasteiger partial charge in [-0.3, -0.25) is 5.10 Å². The summed E-state index contributed by atoms with van der Waals surface area (Å²) in [6, 6.07) is 0.510. The molecular formula is C12H20N4O4S. The highest BCUT2D eigenvalue weighted by molar-refractivity contribution is 7.89. The smallest absolute Gasteiger partial charge is 0.340 e. The van der Waals surface area contributed by atoms with E-state index in [1.54, 1.807) is 0 Å². The van der Waals surface area contributed by atoms with Crippen molar-refractivity contribution in [1.29, 1.82) is 0 Å². The molecule has 0 amide bonds. The zero-order chi connectivity index (χ0) is 15.5. The van der Waals surface area contributed by atoms with Gasteiger partial charge in [0.05, 0.1) is 6.20 Å². The fourth-order valence-electron chi connectivity index (χ4n) is 2.59. The number of likely N-dealkylation sites (N-methyl/N-ethyl adjacent to an activating group) is 1. The molecule has 118 valence electrons. The monoisotopic (exact) mass is 316 g/mol. The van der Waals surface area contributed by atoms with Gasteiger partial charge in [-0.15, -0.1) is 0 Å². The van der Waals surface area contributed by atoms with E-state index in [2.05, 4.69) is 19.8 Å². The van der Waals surface area contributed by atoms with Gasteiger partial charge < -0.3 is 10.0 Å². The maximum Gasteiger partial charge on any atom is 0.340 e. The van der Waals surface area contributed by atoms with Crippen molar-refractivity contribution in [2.75, 3.05) is 20.1 Å². The molecule has 8 nitrogen and oxygen atoms in total. The summed E-state index contributed by atoms with van der Waals surface area (Å²) < 4.78 is 26.5. The fourth-order valence-corrected chi connectivity index (χ4v) is 3.69. The van der Waals surface area contributed by atoms with Crippen molar-refractivity contribution in [2.24, 2.45) is 0 Å². The molecule has 2 rings (SSSR count). The van der Waals surface area contributed by atoms with E-state index in [0.717, 1.165) is 19.0 Å². The minimum Gasteiger partial charge on any atom is -0.478 e. The topological polar surface area (TPSA) is 115 Å². The van der Waals surface area contributed by atoms with Gasteiger partial charge in [-0.2, -0.15) is 5.10 Å². The molecule has 1 fully saturated rings. The summed E-state index contributed by atoms with van der Waals surface area (Å²) in [6.45, 7) is 0.813. The van der Waals surface area contributed by atoms with Gasteiger partial charge in [-0.1, -0.05) is 12.8 Å². The van der Waals surface area contributed by atoms with E-state index in [-0.39, 0.29) is 12.1 Å². The van der Waals surface area contributed by atoms with Crippen LogP contribution in [-0.4, -0.2) is 60.8 Å². The molecule has 1 heterocycles. The summed E-state index contributed by atoms with van der Waals surface area (Å²) >= 11 is 0. The standard InChI is InChI=1S/C12H20N4O4S/c1-16(9-4-2-3-5-9)7-6-14-21(19,20)11-10(12(17)18)8-13-15-11/h8-9,14H,2-7H2,1H3,(H,13,15)(H,17,18). The number of aromatic carboxylic acids is 1. The number of rotatable bonds is 7. The number of sulfonamides is 1. The number of H-pyrrole nitrogens is 1. The zero-order valence-corrected chi connectivity index (χ0v) is 12.7. The summed E-state index contributed by atoms with van der Waals surface area (Å²) in [6.07, 6.45) is 5.72. The molecule has 0 unspecified atom stereocenters. The third kappa shape index (κ3) is 3.80. The lowest BCUT2D eigenvalue weighted by atomic mass is 10.2. The van der Waals surface area contributed by atoms with Crippen molar-refractivity contribution in [3.05, 3.63) is 11.8 Å². The van der Waals surface area contributed by atoms with Gasteiger partial charge in [-0.05, 0) is 19.9 Å². The number of carboxylic acids is 1. The summed E-state index contributed by atoms with van der Waals surface area (Å²) in [5.74, 6) is -1.33. The summed E-state index contributed by atoms with van der Waals surface area (Å²) in [5, 5.41) is 14.2. The van der Waals surface area contributed by atoms with E-state index in [9.17, 15) is 13.2 Å². The number of aromatic nitrogens is 2. The Morgan fingerprint density at radius 1 is 1.52 bits per heavy atom. The van der Waals surface area contributed by atoms with Crippen LogP contribution in [0.1, 0.15) is 36.0 Å². The van der Waals surface area contributed by atoms with Crippen LogP contribution >= 0.6 is 0 Å². The molecule has 0 atom stereocenters. The minimum absolute atomic E-state index is 0.230. The molecule has 3 N–H and O–H groups in total. The van der Waals surface area contributed by atoms with Gasteiger partial charge in [-0.25, -0.2) is 17.9 Å². The molecule has 1 aliphatic carbocycles. The Morgan fingerprint density at radius 3 is 2.81 bits per heavy atom. The molecule has 1 aromatic rings. The molecule has 21 heavy (non-hydrogen) atoms. The maximum absolute atomic E-state index is 12.1. The summed E-state index contributed by atoms with van der Waals surface area (Å²) in [7, 11) is -1.91. The van der Waals surface area contributed by atoms with Gasteiger partial charge in [0.1, 0.15) is 5.56 Å². The van der Waals surface area contributed by atoms with Gasteiger partial charge in [0.15, 0.2) is 5.03 Å². The molecule has 1 saturated carbocycles. The van der Waals surface area contributed by atoms with Gasteiger partial charge in [0, 0.05) is 19.1 Å². The van der Waals surface area contributed by atoms with Crippen LogP contribution in [-0.2, 0) is 10.0 Å². The molecule has 0 aliphatic heterocycles. The average molecular weight is 316 g/mol. The van der Waals surface area contributed by atoms with Crippen molar-refractivity contribution in [3.8, 4) is 0 Å². The summed E-state index contributed by atoms with van der Waals surface area (Å²) in [4.78, 5) is 13.1. The number of nitrogens with one attached hydrogen (secondary N) is 2. The van der Waals surface area contributed by atoms with Crippen LogP contribution in [0.2, 0.25) is 0 Å². The van der Waals surface area contributed by atoms with Crippen molar-refractivity contribution < 1.29 is 18.3 Å². The second kappa shape index (κ2) is 6.54. The number of carboxylic acid groups (broad SMARTS) is 1. The largest absolute Gasteiger partial charge is 0.478 e. The van der Waals surface area contributed by atoms with Gasteiger partial charge in [0.25, 0.3) is 10.0 Å². The van der Waals surface area contributed by atoms with E-state index in [0.29, 0.717) is 12.6 Å². The first-order valence-corrected chi connectivity index (χ1v) is 8.36. The van der Waals surface area contributed by atoms with Crippen molar-refractivity contribution in [3.63, 3.8) is 0 Å². The number of nitrogens with zero attached hydrogens (tertiary/aromatic N) is 2. The molecule has 0 saturated heterocycles. The first-order valence-electron chi connectivity index (χ1n) is 6.88. The van der Waals surface area contributed by atoms with E-state index < -0.39 is 21.0 Å². The molecule has 1 aromatic heterocycles. The predicted octanol–water partition coefficient (Wildman–Crippen LogP) is 0.261. The third-order valence-electron chi connectivity index (χ3n) is 3.81. The van der Waals surface area contributed by atoms with Crippen LogP contribution < -0.4 is 4.72 Å². The lowest BCUT2D eigenvalue weighted by Gasteiger charge is -2.23. The Hall–Kier alpha value is -1.45. The Kier molecular flexibility index (Phi) is 4.96. The number of aromatic amines is 1. The molecule has 0 radical (unpaired) electrons. The van der Waals surface area contributed by atoms with Crippen LogP contribution in [0.3, 0.4) is 0 Å². The Morgan fingerprint density at radius 2 is 2.19 bits per heavy atom. The van der Waals surface area contributed by atoms with E-state index in [1.807, 2.05) is 7.05 Å². The molecule has 1 aliphatic rings. The lowest BCUT2D eigenvalue weighted by Crippen LogP contribution is -2.37. The normalized spacial score (nSPS) is 16.7. The van der Waals surface area contributed by atoms with Crippen molar-refractivity contribution >= 4 is 16.0 Å². The molecule has 0 aromatic carbocycles. The highest BCUT2D eigenvalue weighted by Crippen LogP contribution is 2.21. The SMILES string of the molecule is CN(CCNS(=O)(=O)c1[nH]ncc1C(=O)O)C1CCCC1. The van der Waals surface area contributed by atoms with Gasteiger partial charge >= 0.3 is 5.97 Å². The average Bonchev–Trinajstić information content (AvgIpc) is 3.10. The molecular weight excluding hydrogens is 296 g/mol. The second-order valence-electron chi connectivity index (χ2n) is 5.23. The first-order chi connectivity index (χ1) is 9.92. The van der Waals surface area contributed by atoms with Crippen molar-refractivity contribution in [2.45, 2.75) is 36.8 Å². The maximum atomic E-state index is 12.1. The van der Waals surface area contributed by atoms with E-state index in [1.165, 1.54) is 12.8 Å². The lowest BCUT2D eigenvalue weighted by molar-refractivity contribution is 0.0692. The Labute approximate surface area is 123 Å². The third-order valence-corrected chi connectivity index (χ3v) is 5.24. The van der Waals surface area contributed by atoms with E-state index >= 15 is 0 Å². The number of carbonyl (C=O) groups is 1. The van der Waals surface area contributed by atoms with Gasteiger partial charge in [0.2, 0.25) is 0 Å². The quantitative estimate of drug-likeness (QED) is 0.664. The highest BCUT2D eigenvalue weighted by atomic mass is 32.2. The van der Waals surface area contributed by atoms with Crippen LogP contribution in [0, 0.1) is 0 Å². The zero-order valence-electron chi connectivity index (χ0n) is 11.9.